The molecule has 3 unspecified atom stereocenters. The smallest absolute Gasteiger partial charge is 0.0328 e. The molecule has 0 aromatic carbocycles. The molecule has 3 atom stereocenters. The van der Waals surface area contributed by atoms with E-state index < -0.39 is 0 Å². The molecule has 0 N–H and O–H groups in total. The van der Waals surface area contributed by atoms with Gasteiger partial charge < -0.3 is 0 Å². The molecule has 0 bridgehead atoms. The third-order valence-corrected chi connectivity index (χ3v) is 3.57. The Bertz CT molecular complexity index is 137. The molecule has 0 saturated heterocycles. The summed E-state index contributed by atoms with van der Waals surface area (Å²) in [5, 5.41) is 0. The lowest BCUT2D eigenvalue weighted by Gasteiger charge is -2.22. The van der Waals surface area contributed by atoms with E-state index in [1.54, 1.807) is 0 Å². The second kappa shape index (κ2) is 8.08. The molecule has 84 valence electrons. The molecular weight excluding hydrogens is 168 g/mol. The van der Waals surface area contributed by atoms with Gasteiger partial charge in [0.15, 0.2) is 0 Å². The second-order valence-corrected chi connectivity index (χ2v) is 4.76. The quantitative estimate of drug-likeness (QED) is 0.476. The minimum absolute atomic E-state index is 0.825. The zero-order valence-corrected chi connectivity index (χ0v) is 10.6. The molecule has 0 aliphatic heterocycles. The van der Waals surface area contributed by atoms with Gasteiger partial charge in [0.2, 0.25) is 0 Å². The number of rotatable bonds is 8. The van der Waals surface area contributed by atoms with Crippen LogP contribution in [0.3, 0.4) is 0 Å². The topological polar surface area (TPSA) is 0 Å². The summed E-state index contributed by atoms with van der Waals surface area (Å²) in [7, 11) is 0. The predicted octanol–water partition coefficient (Wildman–Crippen LogP) is 5.05. The maximum atomic E-state index is 3.80. The minimum Gasteiger partial charge on any atom is -0.103 e. The fourth-order valence-electron chi connectivity index (χ4n) is 2.13. The van der Waals surface area contributed by atoms with Gasteiger partial charge in [-0.1, -0.05) is 53.0 Å². The van der Waals surface area contributed by atoms with Crippen LogP contribution in [0.15, 0.2) is 12.7 Å². The summed E-state index contributed by atoms with van der Waals surface area (Å²) in [5.41, 5.74) is 0. The number of allylic oxidation sites excluding steroid dienone is 1. The van der Waals surface area contributed by atoms with Gasteiger partial charge in [-0.05, 0) is 30.6 Å². The van der Waals surface area contributed by atoms with Crippen LogP contribution in [-0.4, -0.2) is 0 Å². The fraction of sp³-hybridized carbons (Fsp3) is 0.857. The van der Waals surface area contributed by atoms with Crippen LogP contribution in [0, 0.1) is 17.8 Å². The van der Waals surface area contributed by atoms with Crippen molar-refractivity contribution in [2.24, 2.45) is 17.8 Å². The molecule has 0 amide bonds. The first-order valence-corrected chi connectivity index (χ1v) is 6.26. The van der Waals surface area contributed by atoms with E-state index >= 15 is 0 Å². The van der Waals surface area contributed by atoms with Crippen LogP contribution in [0.4, 0.5) is 0 Å². The molecule has 0 heterocycles. The van der Waals surface area contributed by atoms with E-state index in [-0.39, 0.29) is 0 Å². The van der Waals surface area contributed by atoms with Gasteiger partial charge in [0.1, 0.15) is 0 Å². The lowest BCUT2D eigenvalue weighted by atomic mass is 9.83. The van der Waals surface area contributed by atoms with Crippen molar-refractivity contribution >= 4 is 0 Å². The van der Waals surface area contributed by atoms with Crippen molar-refractivity contribution < 1.29 is 0 Å². The molecule has 0 rings (SSSR count). The van der Waals surface area contributed by atoms with E-state index in [1.807, 2.05) is 0 Å². The highest BCUT2D eigenvalue weighted by Crippen LogP contribution is 2.26. The minimum atomic E-state index is 0.825. The average molecular weight is 196 g/mol. The van der Waals surface area contributed by atoms with Gasteiger partial charge in [0, 0.05) is 0 Å². The Morgan fingerprint density at radius 1 is 1.07 bits per heavy atom. The standard InChI is InChI=1S/C14H28/c1-6-9-12(4)10-11-14(8-3)13(5)7-2/h6,12-14H,1,7-11H2,2-5H3. The van der Waals surface area contributed by atoms with Gasteiger partial charge in [0.25, 0.3) is 0 Å². The normalized spacial score (nSPS) is 17.4. The molecule has 0 heteroatoms. The number of hydrogen-bond donors (Lipinski definition) is 0. The molecule has 0 fully saturated rings. The highest BCUT2D eigenvalue weighted by molar-refractivity contribution is 4.72. The lowest BCUT2D eigenvalue weighted by molar-refractivity contribution is 0.293. The summed E-state index contributed by atoms with van der Waals surface area (Å²) in [5.74, 6) is 2.66. The van der Waals surface area contributed by atoms with Gasteiger partial charge >= 0.3 is 0 Å². The molecule has 0 spiro atoms. The van der Waals surface area contributed by atoms with Gasteiger partial charge in [-0.2, -0.15) is 0 Å². The maximum Gasteiger partial charge on any atom is -0.0328 e. The zero-order chi connectivity index (χ0) is 11.0. The Kier molecular flexibility index (Phi) is 7.93. The van der Waals surface area contributed by atoms with Crippen molar-refractivity contribution in [3.63, 3.8) is 0 Å². The average Bonchev–Trinajstić information content (AvgIpc) is 2.18. The maximum absolute atomic E-state index is 3.80. The van der Waals surface area contributed by atoms with E-state index in [1.165, 1.54) is 32.1 Å². The van der Waals surface area contributed by atoms with Crippen LogP contribution in [0.1, 0.15) is 59.8 Å². The number of hydrogen-bond acceptors (Lipinski definition) is 0. The van der Waals surface area contributed by atoms with Gasteiger partial charge in [0.05, 0.1) is 0 Å². The summed E-state index contributed by atoms with van der Waals surface area (Å²) < 4.78 is 0. The van der Waals surface area contributed by atoms with E-state index in [2.05, 4.69) is 40.3 Å². The highest BCUT2D eigenvalue weighted by atomic mass is 14.2. The van der Waals surface area contributed by atoms with Crippen LogP contribution < -0.4 is 0 Å². The van der Waals surface area contributed by atoms with E-state index in [0.29, 0.717) is 0 Å². The Labute approximate surface area is 90.8 Å². The molecule has 0 aliphatic carbocycles. The lowest BCUT2D eigenvalue weighted by Crippen LogP contribution is -2.11. The molecular formula is C14H28. The summed E-state index contributed by atoms with van der Waals surface area (Å²) in [6, 6.07) is 0. The Morgan fingerprint density at radius 2 is 1.71 bits per heavy atom. The summed E-state index contributed by atoms with van der Waals surface area (Å²) >= 11 is 0. The third-order valence-electron chi connectivity index (χ3n) is 3.57. The first kappa shape index (κ1) is 13.7. The largest absolute Gasteiger partial charge is 0.103 e. The third kappa shape index (κ3) is 5.47. The molecule has 0 saturated carbocycles. The Morgan fingerprint density at radius 3 is 2.14 bits per heavy atom. The summed E-state index contributed by atoms with van der Waals surface area (Å²) in [6.07, 6.45) is 8.67. The van der Waals surface area contributed by atoms with Crippen molar-refractivity contribution in [1.82, 2.24) is 0 Å². The van der Waals surface area contributed by atoms with Crippen molar-refractivity contribution in [2.45, 2.75) is 59.8 Å². The van der Waals surface area contributed by atoms with Crippen molar-refractivity contribution in [2.75, 3.05) is 0 Å². The first-order chi connectivity index (χ1) is 6.65. The van der Waals surface area contributed by atoms with E-state index in [4.69, 9.17) is 0 Å². The van der Waals surface area contributed by atoms with Crippen LogP contribution in [0.25, 0.3) is 0 Å². The van der Waals surface area contributed by atoms with Gasteiger partial charge in [-0.15, -0.1) is 6.58 Å². The highest BCUT2D eigenvalue weighted by Gasteiger charge is 2.14. The van der Waals surface area contributed by atoms with Crippen LogP contribution in [-0.2, 0) is 0 Å². The van der Waals surface area contributed by atoms with E-state index in [0.717, 1.165) is 17.8 Å². The van der Waals surface area contributed by atoms with Crippen LogP contribution in [0.5, 0.6) is 0 Å². The summed E-state index contributed by atoms with van der Waals surface area (Å²) in [4.78, 5) is 0. The predicted molar refractivity (Wildman–Crippen MR) is 66.4 cm³/mol. The van der Waals surface area contributed by atoms with Gasteiger partial charge in [-0.3, -0.25) is 0 Å². The molecule has 0 nitrogen and oxygen atoms in total. The Hall–Kier alpha value is -0.260. The zero-order valence-electron chi connectivity index (χ0n) is 10.6. The fourth-order valence-corrected chi connectivity index (χ4v) is 2.13. The van der Waals surface area contributed by atoms with Crippen molar-refractivity contribution in [3.8, 4) is 0 Å². The first-order valence-electron chi connectivity index (χ1n) is 6.26. The van der Waals surface area contributed by atoms with Crippen molar-refractivity contribution in [1.29, 1.82) is 0 Å². The van der Waals surface area contributed by atoms with E-state index in [9.17, 15) is 0 Å². The molecule has 0 aromatic heterocycles. The van der Waals surface area contributed by atoms with Crippen LogP contribution >= 0.6 is 0 Å². The Balaban J connectivity index is 3.76. The van der Waals surface area contributed by atoms with Gasteiger partial charge in [-0.25, -0.2) is 0 Å². The van der Waals surface area contributed by atoms with Crippen LogP contribution in [0.2, 0.25) is 0 Å². The molecule has 14 heavy (non-hydrogen) atoms. The SMILES string of the molecule is C=CCC(C)CCC(CC)C(C)CC. The van der Waals surface area contributed by atoms with Crippen molar-refractivity contribution in [3.05, 3.63) is 12.7 Å². The molecule has 0 aromatic rings. The second-order valence-electron chi connectivity index (χ2n) is 4.76. The summed E-state index contributed by atoms with van der Waals surface area (Å²) in [6.45, 7) is 13.2. The molecule has 0 radical (unpaired) electrons. The monoisotopic (exact) mass is 196 g/mol. The molecule has 0 aliphatic rings.